The maximum Gasteiger partial charge on any atom is 0.310 e. The minimum absolute atomic E-state index is 0.0711. The van der Waals surface area contributed by atoms with Crippen molar-refractivity contribution < 1.29 is 29.3 Å². The lowest BCUT2D eigenvalue weighted by molar-refractivity contribution is -0.154. The van der Waals surface area contributed by atoms with E-state index in [4.69, 9.17) is 4.74 Å². The quantitative estimate of drug-likeness (QED) is 0.322. The van der Waals surface area contributed by atoms with Gasteiger partial charge in [0.05, 0.1) is 30.6 Å². The van der Waals surface area contributed by atoms with Crippen LogP contribution in [0.1, 0.15) is 46.5 Å². The number of nitrogens with zero attached hydrogens (tertiary/aromatic N) is 2. The Labute approximate surface area is 198 Å². The molecule has 9 heteroatoms. The fourth-order valence-corrected chi connectivity index (χ4v) is 6.71. The summed E-state index contributed by atoms with van der Waals surface area (Å²) in [6.45, 7) is 10.2. The molecule has 2 N–H and O–H groups in total. The number of hydrogen-bond donors (Lipinski definition) is 2. The minimum atomic E-state index is -1.22. The third kappa shape index (κ3) is 3.80. The molecule has 0 radical (unpaired) electrons. The van der Waals surface area contributed by atoms with Gasteiger partial charge in [-0.1, -0.05) is 55.6 Å². The van der Waals surface area contributed by atoms with Crippen molar-refractivity contribution >= 4 is 33.7 Å². The molecule has 0 aromatic rings. The Morgan fingerprint density at radius 2 is 2.12 bits per heavy atom. The normalized spacial score (nSPS) is 35.0. The first-order valence-electron chi connectivity index (χ1n) is 11.6. The number of carboxylic acid groups (broad SMARTS) is 1. The van der Waals surface area contributed by atoms with E-state index < -0.39 is 47.5 Å². The number of unbranched alkanes of at least 4 members (excludes halogenated alkanes) is 1. The van der Waals surface area contributed by atoms with E-state index in [1.54, 1.807) is 11.0 Å². The Morgan fingerprint density at radius 3 is 2.66 bits per heavy atom. The van der Waals surface area contributed by atoms with Crippen molar-refractivity contribution in [1.29, 1.82) is 0 Å². The molecule has 3 fully saturated rings. The van der Waals surface area contributed by atoms with Gasteiger partial charge in [0.25, 0.3) is 0 Å². The number of hydrogen-bond acceptors (Lipinski definition) is 5. The van der Waals surface area contributed by atoms with Crippen LogP contribution in [-0.2, 0) is 19.1 Å². The molecule has 3 heterocycles. The number of alkyl halides is 1. The summed E-state index contributed by atoms with van der Waals surface area (Å²) in [7, 11) is 0. The molecule has 3 aliphatic rings. The van der Waals surface area contributed by atoms with Crippen LogP contribution in [0, 0.1) is 17.8 Å². The summed E-state index contributed by atoms with van der Waals surface area (Å²) >= 11 is 3.55. The lowest BCUT2D eigenvalue weighted by Gasteiger charge is -2.41. The molecule has 2 bridgehead atoms. The van der Waals surface area contributed by atoms with Gasteiger partial charge in [0, 0.05) is 17.9 Å². The molecule has 1 spiro atoms. The molecule has 0 aliphatic carbocycles. The Kier molecular flexibility index (Phi) is 7.72. The topological polar surface area (TPSA) is 107 Å². The number of halogens is 1. The van der Waals surface area contributed by atoms with Gasteiger partial charge in [-0.2, -0.15) is 0 Å². The highest BCUT2D eigenvalue weighted by Crippen LogP contribution is 2.60. The number of aliphatic carboxylic acids is 1. The number of likely N-dealkylation sites (tertiary alicyclic amines) is 1. The van der Waals surface area contributed by atoms with Crippen LogP contribution in [0.3, 0.4) is 0 Å². The summed E-state index contributed by atoms with van der Waals surface area (Å²) < 4.78 is 6.30. The molecule has 3 rings (SSSR count). The molecule has 3 unspecified atom stereocenters. The molecular formula is C23H35BrN2O6. The van der Waals surface area contributed by atoms with E-state index in [1.165, 1.54) is 4.90 Å². The summed E-state index contributed by atoms with van der Waals surface area (Å²) in [5, 5.41) is 20.2. The van der Waals surface area contributed by atoms with Crippen LogP contribution in [0.15, 0.2) is 12.7 Å². The molecule has 3 saturated heterocycles. The average Bonchev–Trinajstić information content (AvgIpc) is 3.35. The lowest BCUT2D eigenvalue weighted by Crippen LogP contribution is -2.60. The summed E-state index contributed by atoms with van der Waals surface area (Å²) in [4.78, 5) is 42.9. The maximum absolute atomic E-state index is 14.0. The second-order valence-electron chi connectivity index (χ2n) is 9.31. The third-order valence-electron chi connectivity index (χ3n) is 7.53. The number of aliphatic hydroxyl groups excluding tert-OH is 1. The molecule has 180 valence electrons. The summed E-state index contributed by atoms with van der Waals surface area (Å²) in [5.74, 6) is -3.79. The van der Waals surface area contributed by atoms with Gasteiger partial charge in [0.15, 0.2) is 0 Å². The number of amides is 2. The maximum atomic E-state index is 14.0. The van der Waals surface area contributed by atoms with Crippen LogP contribution in [-0.4, -0.2) is 86.1 Å². The number of aliphatic hydroxyl groups is 1. The molecule has 8 atom stereocenters. The van der Waals surface area contributed by atoms with Crippen molar-refractivity contribution in [1.82, 2.24) is 9.80 Å². The SMILES string of the molecule is C=CCN(CCCC)C(=O)C1N([C@@H](CO)[C@@H](C)CC)C(=O)[C@@H]2[C@H](C(=O)O)[C@H]3OC12CC3Br. The van der Waals surface area contributed by atoms with Gasteiger partial charge in [-0.05, 0) is 18.8 Å². The van der Waals surface area contributed by atoms with Crippen LogP contribution >= 0.6 is 15.9 Å². The molecule has 8 nitrogen and oxygen atoms in total. The summed E-state index contributed by atoms with van der Waals surface area (Å²) in [6.07, 6.45) is 3.76. The van der Waals surface area contributed by atoms with Crippen molar-refractivity contribution in [2.45, 2.75) is 75.1 Å². The predicted octanol–water partition coefficient (Wildman–Crippen LogP) is 2.04. The molecule has 0 aromatic carbocycles. The number of carbonyl (C=O) groups is 3. The largest absolute Gasteiger partial charge is 0.481 e. The van der Waals surface area contributed by atoms with Gasteiger partial charge in [0.1, 0.15) is 11.6 Å². The Morgan fingerprint density at radius 1 is 1.44 bits per heavy atom. The van der Waals surface area contributed by atoms with Crippen LogP contribution in [0.4, 0.5) is 0 Å². The highest BCUT2D eigenvalue weighted by molar-refractivity contribution is 9.09. The van der Waals surface area contributed by atoms with E-state index in [9.17, 15) is 24.6 Å². The zero-order chi connectivity index (χ0) is 23.8. The lowest BCUT2D eigenvalue weighted by atomic mass is 9.70. The van der Waals surface area contributed by atoms with Crippen LogP contribution in [0.5, 0.6) is 0 Å². The highest BCUT2D eigenvalue weighted by atomic mass is 79.9. The van der Waals surface area contributed by atoms with Gasteiger partial charge < -0.3 is 24.7 Å². The van der Waals surface area contributed by atoms with E-state index >= 15 is 0 Å². The predicted molar refractivity (Wildman–Crippen MR) is 122 cm³/mol. The van der Waals surface area contributed by atoms with E-state index in [0.717, 1.165) is 12.8 Å². The third-order valence-corrected chi connectivity index (χ3v) is 8.38. The Balaban J connectivity index is 2.12. The van der Waals surface area contributed by atoms with E-state index in [0.29, 0.717) is 25.9 Å². The van der Waals surface area contributed by atoms with E-state index in [-0.39, 0.29) is 23.3 Å². The number of rotatable bonds is 11. The number of carbonyl (C=O) groups excluding carboxylic acids is 2. The first-order chi connectivity index (χ1) is 15.2. The van der Waals surface area contributed by atoms with E-state index in [2.05, 4.69) is 22.5 Å². The zero-order valence-corrected chi connectivity index (χ0v) is 20.7. The van der Waals surface area contributed by atoms with Gasteiger partial charge in [0.2, 0.25) is 11.8 Å². The van der Waals surface area contributed by atoms with Crippen molar-refractivity contribution in [2.75, 3.05) is 19.7 Å². The van der Waals surface area contributed by atoms with Crippen LogP contribution in [0.25, 0.3) is 0 Å². The molecule has 32 heavy (non-hydrogen) atoms. The minimum Gasteiger partial charge on any atom is -0.481 e. The average molecular weight is 515 g/mol. The number of ether oxygens (including phenoxy) is 1. The highest BCUT2D eigenvalue weighted by Gasteiger charge is 2.77. The second kappa shape index (κ2) is 9.81. The smallest absolute Gasteiger partial charge is 0.310 e. The first-order valence-corrected chi connectivity index (χ1v) is 12.5. The number of fused-ring (bicyclic) bond motifs is 1. The van der Waals surface area contributed by atoms with Crippen molar-refractivity contribution in [3.63, 3.8) is 0 Å². The standard InChI is InChI=1S/C23H35BrN2O6/c1-5-8-10-25(9-6-2)21(29)19-23-11-14(24)18(32-23)16(22(30)31)17(23)20(28)26(19)15(12-27)13(4)7-3/h6,13-19,27H,2,5,7-12H2,1,3-4H3,(H,30,31)/t13-,14?,15-,16-,17-,18-,19?,23?/m0/s1. The zero-order valence-electron chi connectivity index (χ0n) is 19.1. The Bertz CT molecular complexity index is 763. The van der Waals surface area contributed by atoms with E-state index in [1.807, 2.05) is 20.8 Å². The summed E-state index contributed by atoms with van der Waals surface area (Å²) in [5.41, 5.74) is -1.22. The second-order valence-corrected chi connectivity index (χ2v) is 10.5. The van der Waals surface area contributed by atoms with Crippen molar-refractivity contribution in [2.24, 2.45) is 17.8 Å². The Hall–Kier alpha value is -1.45. The van der Waals surface area contributed by atoms with Gasteiger partial charge in [-0.25, -0.2) is 0 Å². The van der Waals surface area contributed by atoms with Crippen LogP contribution in [0.2, 0.25) is 0 Å². The van der Waals surface area contributed by atoms with Crippen molar-refractivity contribution in [3.05, 3.63) is 12.7 Å². The fraction of sp³-hybridized carbons (Fsp3) is 0.783. The molecule has 0 aromatic heterocycles. The summed E-state index contributed by atoms with van der Waals surface area (Å²) in [6, 6.07) is -1.57. The molecule has 3 aliphatic heterocycles. The van der Waals surface area contributed by atoms with Crippen molar-refractivity contribution in [3.8, 4) is 0 Å². The molecular weight excluding hydrogens is 480 g/mol. The first kappa shape index (κ1) is 25.2. The van der Waals surface area contributed by atoms with Crippen LogP contribution < -0.4 is 0 Å². The fourth-order valence-electron chi connectivity index (χ4n) is 5.77. The monoisotopic (exact) mass is 514 g/mol. The van der Waals surface area contributed by atoms with Gasteiger partial charge in [-0.15, -0.1) is 6.58 Å². The van der Waals surface area contributed by atoms with Gasteiger partial charge >= 0.3 is 5.97 Å². The molecule has 2 amide bonds. The van der Waals surface area contributed by atoms with Gasteiger partial charge in [-0.3, -0.25) is 14.4 Å². The molecule has 0 saturated carbocycles. The number of carboxylic acids is 1.